The molecule has 4 N–H and O–H groups in total. The molecule has 3 aromatic rings. The highest BCUT2D eigenvalue weighted by atomic mass is 16.3. The van der Waals surface area contributed by atoms with Crippen molar-refractivity contribution in [3.05, 3.63) is 71.8 Å². The molecule has 136 valence electrons. The largest absolute Gasteiger partial charge is 0.504 e. The molecule has 0 radical (unpaired) electrons. The molecule has 0 aromatic heterocycles. The van der Waals surface area contributed by atoms with E-state index < -0.39 is 5.91 Å². The molecular weight excluding hydrogens is 346 g/mol. The van der Waals surface area contributed by atoms with Crippen molar-refractivity contribution in [2.45, 2.75) is 0 Å². The van der Waals surface area contributed by atoms with Gasteiger partial charge in [0.25, 0.3) is 11.8 Å². The minimum atomic E-state index is -0.497. The zero-order valence-electron chi connectivity index (χ0n) is 14.2. The summed E-state index contributed by atoms with van der Waals surface area (Å²) in [5, 5.41) is 26.7. The Morgan fingerprint density at radius 1 is 0.963 bits per heavy atom. The monoisotopic (exact) mass is 363 g/mol. The van der Waals surface area contributed by atoms with Crippen LogP contribution in [0.1, 0.15) is 15.9 Å². The standard InChI is InChI=1S/C20H17N3O4/c24-17-9-8-13(10-18(17)25)11-22-23-19(26)12-21-20(27)16-7-3-5-14-4-1-2-6-15(14)16/h1-11,24-25H,12H2,(H,21,27)(H,23,26). The summed E-state index contributed by atoms with van der Waals surface area (Å²) in [5.74, 6) is -1.38. The summed E-state index contributed by atoms with van der Waals surface area (Å²) in [4.78, 5) is 24.2. The van der Waals surface area contributed by atoms with Crippen LogP contribution in [0.4, 0.5) is 0 Å². The van der Waals surface area contributed by atoms with E-state index in [0.29, 0.717) is 11.1 Å². The SMILES string of the molecule is O=C(CNC(=O)c1cccc2ccccc12)NN=Cc1ccc(O)c(O)c1. The van der Waals surface area contributed by atoms with Crippen LogP contribution in [0.25, 0.3) is 10.8 Å². The van der Waals surface area contributed by atoms with Gasteiger partial charge in [-0.15, -0.1) is 0 Å². The number of fused-ring (bicyclic) bond motifs is 1. The van der Waals surface area contributed by atoms with E-state index in [-0.39, 0.29) is 24.0 Å². The van der Waals surface area contributed by atoms with Crippen molar-refractivity contribution < 1.29 is 19.8 Å². The van der Waals surface area contributed by atoms with E-state index >= 15 is 0 Å². The molecule has 0 saturated heterocycles. The Bertz CT molecular complexity index is 1030. The zero-order valence-corrected chi connectivity index (χ0v) is 14.2. The lowest BCUT2D eigenvalue weighted by atomic mass is 10.0. The van der Waals surface area contributed by atoms with E-state index in [0.717, 1.165) is 10.8 Å². The van der Waals surface area contributed by atoms with Gasteiger partial charge in [-0.05, 0) is 40.6 Å². The first kappa shape index (κ1) is 17.9. The van der Waals surface area contributed by atoms with Crippen molar-refractivity contribution in [1.82, 2.24) is 10.7 Å². The highest BCUT2D eigenvalue weighted by molar-refractivity contribution is 6.07. The predicted octanol–water partition coefficient (Wildman–Crippen LogP) is 2.13. The molecule has 0 aliphatic rings. The van der Waals surface area contributed by atoms with Crippen LogP contribution in [0, 0.1) is 0 Å². The summed E-state index contributed by atoms with van der Waals surface area (Å²) in [6.45, 7) is -0.236. The van der Waals surface area contributed by atoms with Gasteiger partial charge in [-0.1, -0.05) is 36.4 Å². The normalized spacial score (nSPS) is 10.8. The lowest BCUT2D eigenvalue weighted by Crippen LogP contribution is -2.35. The van der Waals surface area contributed by atoms with E-state index in [4.69, 9.17) is 0 Å². The first-order chi connectivity index (χ1) is 13.0. The lowest BCUT2D eigenvalue weighted by Gasteiger charge is -2.07. The van der Waals surface area contributed by atoms with E-state index in [1.54, 1.807) is 12.1 Å². The molecule has 3 rings (SSSR count). The number of amides is 2. The minimum Gasteiger partial charge on any atom is -0.504 e. The number of rotatable bonds is 5. The van der Waals surface area contributed by atoms with Crippen LogP contribution in [0.2, 0.25) is 0 Å². The van der Waals surface area contributed by atoms with Crippen LogP contribution in [0.3, 0.4) is 0 Å². The number of hydrazone groups is 1. The number of hydrogen-bond acceptors (Lipinski definition) is 5. The number of phenols is 2. The summed E-state index contributed by atoms with van der Waals surface area (Å²) >= 11 is 0. The number of benzene rings is 3. The van der Waals surface area contributed by atoms with Gasteiger partial charge >= 0.3 is 0 Å². The van der Waals surface area contributed by atoms with Gasteiger partial charge in [-0.2, -0.15) is 5.10 Å². The third-order valence-corrected chi connectivity index (χ3v) is 3.85. The Labute approximate surface area is 155 Å². The number of hydrogen-bond donors (Lipinski definition) is 4. The van der Waals surface area contributed by atoms with Gasteiger partial charge in [-0.25, -0.2) is 5.43 Å². The van der Waals surface area contributed by atoms with Crippen molar-refractivity contribution in [2.75, 3.05) is 6.54 Å². The fourth-order valence-electron chi connectivity index (χ4n) is 2.52. The van der Waals surface area contributed by atoms with Gasteiger partial charge in [0, 0.05) is 5.56 Å². The van der Waals surface area contributed by atoms with Crippen LogP contribution in [0.15, 0.2) is 65.8 Å². The molecule has 0 aliphatic heterocycles. The average Bonchev–Trinajstić information content (AvgIpc) is 2.68. The van der Waals surface area contributed by atoms with E-state index in [1.807, 2.05) is 30.3 Å². The van der Waals surface area contributed by atoms with Gasteiger partial charge in [-0.3, -0.25) is 9.59 Å². The van der Waals surface area contributed by atoms with Crippen molar-refractivity contribution >= 4 is 28.8 Å². The molecule has 0 bridgehead atoms. The summed E-state index contributed by atoms with van der Waals surface area (Å²) in [7, 11) is 0. The van der Waals surface area contributed by atoms with Gasteiger partial charge in [0.05, 0.1) is 12.8 Å². The highest BCUT2D eigenvalue weighted by Crippen LogP contribution is 2.24. The van der Waals surface area contributed by atoms with Crippen molar-refractivity contribution in [1.29, 1.82) is 0 Å². The van der Waals surface area contributed by atoms with Crippen LogP contribution in [0.5, 0.6) is 11.5 Å². The van der Waals surface area contributed by atoms with Crippen molar-refractivity contribution in [2.24, 2.45) is 5.10 Å². The zero-order chi connectivity index (χ0) is 19.2. The molecule has 0 aliphatic carbocycles. The fraction of sp³-hybridized carbons (Fsp3) is 0.0500. The highest BCUT2D eigenvalue weighted by Gasteiger charge is 2.10. The van der Waals surface area contributed by atoms with Crippen LogP contribution >= 0.6 is 0 Å². The molecule has 0 saturated carbocycles. The predicted molar refractivity (Wildman–Crippen MR) is 102 cm³/mol. The Kier molecular flexibility index (Phi) is 5.32. The number of phenolic OH excluding ortho intramolecular Hbond substituents is 2. The number of carbonyl (C=O) groups excluding carboxylic acids is 2. The molecular formula is C20H17N3O4. The molecule has 0 atom stereocenters. The van der Waals surface area contributed by atoms with E-state index in [2.05, 4.69) is 15.8 Å². The average molecular weight is 363 g/mol. The summed E-state index contributed by atoms with van der Waals surface area (Å²) in [6.07, 6.45) is 1.31. The van der Waals surface area contributed by atoms with Gasteiger partial charge < -0.3 is 15.5 Å². The number of carbonyl (C=O) groups is 2. The second-order valence-electron chi connectivity index (χ2n) is 5.75. The maximum Gasteiger partial charge on any atom is 0.259 e. The van der Waals surface area contributed by atoms with Crippen molar-refractivity contribution in [3.8, 4) is 11.5 Å². The van der Waals surface area contributed by atoms with Gasteiger partial charge in [0.15, 0.2) is 11.5 Å². The van der Waals surface area contributed by atoms with Gasteiger partial charge in [0.2, 0.25) is 0 Å². The third kappa shape index (κ3) is 4.40. The Balaban J connectivity index is 1.56. The quantitative estimate of drug-likeness (QED) is 0.316. The van der Waals surface area contributed by atoms with Crippen molar-refractivity contribution in [3.63, 3.8) is 0 Å². The number of nitrogens with one attached hydrogen (secondary N) is 2. The molecule has 27 heavy (non-hydrogen) atoms. The minimum absolute atomic E-state index is 0.236. The molecule has 7 heteroatoms. The number of nitrogens with zero attached hydrogens (tertiary/aromatic N) is 1. The molecule has 3 aromatic carbocycles. The van der Waals surface area contributed by atoms with Gasteiger partial charge in [0.1, 0.15) is 0 Å². The maximum atomic E-state index is 12.3. The molecule has 7 nitrogen and oxygen atoms in total. The lowest BCUT2D eigenvalue weighted by molar-refractivity contribution is -0.120. The molecule has 0 heterocycles. The molecule has 0 unspecified atom stereocenters. The number of aromatic hydroxyl groups is 2. The van der Waals surface area contributed by atoms with Crippen LogP contribution in [-0.2, 0) is 4.79 Å². The first-order valence-corrected chi connectivity index (χ1v) is 8.14. The second kappa shape index (κ2) is 8.01. The molecule has 0 spiro atoms. The second-order valence-corrected chi connectivity index (χ2v) is 5.75. The summed E-state index contributed by atoms with van der Waals surface area (Å²) in [6, 6.07) is 17.0. The van der Waals surface area contributed by atoms with Crippen LogP contribution in [-0.4, -0.2) is 34.8 Å². The maximum absolute atomic E-state index is 12.3. The first-order valence-electron chi connectivity index (χ1n) is 8.14. The smallest absolute Gasteiger partial charge is 0.259 e. The topological polar surface area (TPSA) is 111 Å². The van der Waals surface area contributed by atoms with E-state index in [9.17, 15) is 19.8 Å². The Hall–Kier alpha value is -3.87. The Morgan fingerprint density at radius 2 is 1.74 bits per heavy atom. The van der Waals surface area contributed by atoms with E-state index in [1.165, 1.54) is 24.4 Å². The Morgan fingerprint density at radius 3 is 2.56 bits per heavy atom. The molecule has 0 fully saturated rings. The fourth-order valence-corrected chi connectivity index (χ4v) is 2.52. The van der Waals surface area contributed by atoms with Crippen LogP contribution < -0.4 is 10.7 Å². The molecule has 2 amide bonds. The third-order valence-electron chi connectivity index (χ3n) is 3.85. The summed E-state index contributed by atoms with van der Waals surface area (Å²) < 4.78 is 0. The summed E-state index contributed by atoms with van der Waals surface area (Å²) in [5.41, 5.74) is 3.26.